The highest BCUT2D eigenvalue weighted by atomic mass is 127. The Labute approximate surface area is 790 Å². The molecule has 7 amide bonds. The molecule has 18 rings (SSSR count). The smallest absolute Gasteiger partial charge is 0.319 e. The molecule has 12 aromatic rings. The molecule has 0 radical (unpaired) electrons. The Kier molecular flexibility index (Phi) is 27.6. The van der Waals surface area contributed by atoms with E-state index >= 15 is 0 Å². The number of anilines is 1. The van der Waals surface area contributed by atoms with Gasteiger partial charge in [0, 0.05) is 74.2 Å². The van der Waals surface area contributed by atoms with Crippen molar-refractivity contribution < 1.29 is 28.8 Å². The number of hydrogen-bond donors (Lipinski definition) is 7. The number of para-hydroxylation sites is 1. The second-order valence-corrected chi connectivity index (χ2v) is 37.3. The van der Waals surface area contributed by atoms with Gasteiger partial charge in [-0.25, -0.2) is 39.4 Å². The van der Waals surface area contributed by atoms with E-state index in [1.54, 1.807) is 81.9 Å². The molecule has 0 spiro atoms. The minimum Gasteiger partial charge on any atom is -0.369 e. The van der Waals surface area contributed by atoms with Gasteiger partial charge in [-0.3, -0.25) is 48.5 Å². The largest absolute Gasteiger partial charge is 0.369 e. The van der Waals surface area contributed by atoms with Crippen LogP contribution in [0.1, 0.15) is 163 Å². The number of halogens is 1. The van der Waals surface area contributed by atoms with E-state index in [0.717, 1.165) is 86.5 Å². The highest BCUT2D eigenvalue weighted by Gasteiger charge is 2.52. The lowest BCUT2D eigenvalue weighted by Crippen LogP contribution is -2.52. The highest BCUT2D eigenvalue weighted by molar-refractivity contribution is 14.1. The maximum atomic E-state index is 13.7. The van der Waals surface area contributed by atoms with E-state index in [1.807, 2.05) is 214 Å². The number of hydrogen-bond acceptors (Lipinski definition) is 21. The number of aryl methyl sites for hydroxylation is 2. The van der Waals surface area contributed by atoms with Gasteiger partial charge in [-0.1, -0.05) is 185 Å². The van der Waals surface area contributed by atoms with E-state index in [4.69, 9.17) is 38.7 Å². The second kappa shape index (κ2) is 39.0. The van der Waals surface area contributed by atoms with Crippen molar-refractivity contribution in [1.82, 2.24) is 49.1 Å². The standard InChI is InChI=1S/C26H27N5O2.C25H22N4OS.C23H26N4O.C15H16IN5O.C13H15N5O/c1-19-11-8-9-16-22(19)29-25(33)28-17-10-18-31-23(32)26(30-24(31)27,20-12-4-2-5-13-20)21-14-6-3-7-15-21;1-29-24(30)22(18-9-7-17(8-10-18)16-5-6-16)23(28-25(29)27)21-12-20(14-31-21)19-4-2-3-15(11-19)13-26;1-22(2,3)17-11-9-16(10-12-17)19-20(28)27(5)21(25)26-23(19,4)18-8-6-7-15(13-18)14-24;1-15(7-13(22)20(2)14(17)19-15)10-8-18-21(9-10)12-5-3-4-11(16)6-12;1-13(11(19)18(3)12(14)16-13)8-4-5-10-9(6-8)15-7-17(10)2/h2-9,11-16H,10,17-18H2,1H3,(H2,27,30)(H2,28,29,33);2-4,7-12,14,16,22-23H,5-6H2,1H3,(H2,27,28);6-13,19H,1-5H3,(H2,25,26);3-6,8-9H,7H2,1-2H3,(H2,17,19);4-7H,1-3H3,(H2,14,16)/t;22?,23-;19-,23-;15-;/m.110./s1. The lowest BCUT2D eigenvalue weighted by molar-refractivity contribution is -0.131. The van der Waals surface area contributed by atoms with E-state index < -0.39 is 34.0 Å². The Morgan fingerprint density at radius 3 is 1.82 bits per heavy atom. The van der Waals surface area contributed by atoms with E-state index in [2.05, 4.69) is 134 Å². The monoisotopic (exact) mass is 1910 g/mol. The number of urea groups is 1. The number of nitrogens with zero attached hydrogens (tertiary/aromatic N) is 16. The number of fused-ring (bicyclic) bond motifs is 1. The van der Waals surface area contributed by atoms with Crippen LogP contribution < -0.4 is 39.3 Å². The predicted molar refractivity (Wildman–Crippen MR) is 528 cm³/mol. The molecular formula is C102H106IN23O6S. The lowest BCUT2D eigenvalue weighted by Gasteiger charge is -2.41. The number of aliphatic imine (C=N–C) groups is 5. The Balaban J connectivity index is 0.000000135. The molecule has 133 heavy (non-hydrogen) atoms. The Morgan fingerprint density at radius 1 is 0.579 bits per heavy atom. The maximum absolute atomic E-state index is 13.7. The topological polar surface area (TPSA) is 418 Å². The van der Waals surface area contributed by atoms with Gasteiger partial charge in [0.1, 0.15) is 11.6 Å². The van der Waals surface area contributed by atoms with Crippen LogP contribution in [-0.2, 0) is 58.6 Å². The molecule has 6 atom stereocenters. The molecule has 8 heterocycles. The number of rotatable bonds is 16. The molecule has 29 nitrogen and oxygen atoms in total. The third kappa shape index (κ3) is 19.9. The lowest BCUT2D eigenvalue weighted by atomic mass is 9.73. The van der Waals surface area contributed by atoms with E-state index in [0.29, 0.717) is 36.6 Å². The molecule has 0 saturated heterocycles. The average molecular weight is 1910 g/mol. The molecule has 1 aliphatic carbocycles. The molecule has 3 aromatic heterocycles. The van der Waals surface area contributed by atoms with E-state index in [9.17, 15) is 39.3 Å². The first-order chi connectivity index (χ1) is 63.5. The van der Waals surface area contributed by atoms with Gasteiger partial charge in [0.2, 0.25) is 17.7 Å². The summed E-state index contributed by atoms with van der Waals surface area (Å²) in [7, 11) is 8.52. The summed E-state index contributed by atoms with van der Waals surface area (Å²) in [5.74, 6) is 0.284. The summed E-state index contributed by atoms with van der Waals surface area (Å²) >= 11 is 3.83. The first-order valence-electron chi connectivity index (χ1n) is 43.4. The summed E-state index contributed by atoms with van der Waals surface area (Å²) in [6.45, 7) is 14.7. The molecule has 9 aromatic carbocycles. The van der Waals surface area contributed by atoms with Crippen LogP contribution in [0.3, 0.4) is 0 Å². The first-order valence-corrected chi connectivity index (χ1v) is 45.3. The van der Waals surface area contributed by atoms with Gasteiger partial charge in [-0.05, 0) is 214 Å². The van der Waals surface area contributed by atoms with Crippen LogP contribution in [0.25, 0.3) is 27.8 Å². The summed E-state index contributed by atoms with van der Waals surface area (Å²) < 4.78 is 4.86. The number of nitriles is 2. The van der Waals surface area contributed by atoms with Crippen LogP contribution in [-0.4, -0.2) is 150 Å². The number of likely N-dealkylation sites (N-methyl/N-ethyl adjacent to an activating group) is 3. The number of aromatic nitrogens is 4. The van der Waals surface area contributed by atoms with Crippen molar-refractivity contribution >= 4 is 116 Å². The first kappa shape index (κ1) is 94.2. The fourth-order valence-corrected chi connectivity index (χ4v) is 18.2. The van der Waals surface area contributed by atoms with E-state index in [1.165, 1.54) is 48.5 Å². The van der Waals surface area contributed by atoms with Crippen molar-refractivity contribution in [2.75, 3.05) is 46.6 Å². The Morgan fingerprint density at radius 2 is 1.19 bits per heavy atom. The summed E-state index contributed by atoms with van der Waals surface area (Å²) in [6.07, 6.45) is 8.70. The molecule has 6 aliphatic rings. The molecule has 2 unspecified atom stereocenters. The highest BCUT2D eigenvalue weighted by Crippen LogP contribution is 2.48. The average Bonchev–Trinajstić information content (AvgIpc) is 1.25. The number of imidazole rings is 1. The van der Waals surface area contributed by atoms with Gasteiger partial charge in [0.05, 0.1) is 76.3 Å². The van der Waals surface area contributed by atoms with Crippen LogP contribution in [0.15, 0.2) is 280 Å². The molecule has 678 valence electrons. The van der Waals surface area contributed by atoms with Crippen LogP contribution in [0.2, 0.25) is 0 Å². The van der Waals surface area contributed by atoms with Crippen molar-refractivity contribution in [3.63, 3.8) is 0 Å². The minimum atomic E-state index is -1.21. The molecule has 1 saturated carbocycles. The fourth-order valence-electron chi connectivity index (χ4n) is 16.7. The van der Waals surface area contributed by atoms with Crippen molar-refractivity contribution in [2.24, 2.45) is 60.7 Å². The molecule has 12 N–H and O–H groups in total. The summed E-state index contributed by atoms with van der Waals surface area (Å²) in [4.78, 5) is 112. The normalized spacial score (nSPS) is 20.2. The summed E-state index contributed by atoms with van der Waals surface area (Å²) in [5, 5.41) is 30.6. The summed E-state index contributed by atoms with van der Waals surface area (Å²) in [6, 6.07) is 77.3. The van der Waals surface area contributed by atoms with Crippen LogP contribution >= 0.6 is 33.9 Å². The van der Waals surface area contributed by atoms with Crippen molar-refractivity contribution in [2.45, 2.75) is 126 Å². The Hall–Kier alpha value is -15.0. The number of carbonyl (C=O) groups excluding carboxylic acids is 6. The number of carbonyl (C=O) groups is 6. The SMILES string of the molecule is CN1C(=O)C(C)(c2ccc3c(c2)ncn3C)N=C1N.CN1C(=O)C(c2ccc(C3CC3)cc2)[C@@H](c2cc(-c3cccc(C#N)c3)cs2)N=C1N.CN1C(=O)C[C@@](C)(c2cnn(-c3cccc(I)c3)c2)N=C1N.CN1C(=O)[C@@H](c2ccc(C(C)(C)C)cc2)[C@@](C)(c2cccc(C#N)c2)N=C1N.Cc1ccccc1NC(=O)NCCCN1C(=O)C(c2ccccc2)(c2ccccc2)N=C1N. The quantitative estimate of drug-likeness (QED) is 0.0349. The number of amides is 7. The van der Waals surface area contributed by atoms with E-state index in [-0.39, 0.29) is 83.2 Å². The van der Waals surface area contributed by atoms with Crippen molar-refractivity contribution in [1.29, 1.82) is 10.5 Å². The zero-order valence-corrected chi connectivity index (χ0v) is 79.1. The maximum Gasteiger partial charge on any atom is 0.319 e. The number of nitrogens with two attached hydrogens (primary N) is 5. The van der Waals surface area contributed by atoms with Crippen molar-refractivity contribution in [3.05, 3.63) is 330 Å². The second-order valence-electron chi connectivity index (χ2n) is 35.1. The molecule has 0 bridgehead atoms. The van der Waals surface area contributed by atoms with Gasteiger partial charge in [-0.15, -0.1) is 11.3 Å². The summed E-state index contributed by atoms with van der Waals surface area (Å²) in [5.41, 5.74) is 42.4. The minimum absolute atomic E-state index is 0.0267. The third-order valence-electron chi connectivity index (χ3n) is 24.9. The van der Waals surface area contributed by atoms with Gasteiger partial charge >= 0.3 is 6.03 Å². The van der Waals surface area contributed by atoms with Crippen LogP contribution in [0.4, 0.5) is 10.5 Å². The zero-order chi connectivity index (χ0) is 95.2. The number of thiophene rings is 1. The third-order valence-corrected chi connectivity index (χ3v) is 26.6. The Bertz CT molecular complexity index is 6640. The molecular weight excluding hydrogens is 1800 g/mol. The van der Waals surface area contributed by atoms with Crippen molar-refractivity contribution in [3.8, 4) is 29.0 Å². The van der Waals surface area contributed by atoms with Gasteiger partial charge < -0.3 is 43.9 Å². The van der Waals surface area contributed by atoms with Gasteiger partial charge in [-0.2, -0.15) is 15.6 Å². The number of nitrogens with one attached hydrogen (secondary N) is 2. The van der Waals surface area contributed by atoms with Crippen LogP contribution in [0, 0.1) is 33.2 Å². The zero-order valence-electron chi connectivity index (χ0n) is 76.1. The molecule has 31 heteroatoms. The molecule has 1 fully saturated rings. The number of guanidine groups is 5. The van der Waals surface area contributed by atoms with Crippen LogP contribution in [0.5, 0.6) is 0 Å². The predicted octanol–water partition coefficient (Wildman–Crippen LogP) is 14.5. The van der Waals surface area contributed by atoms with Gasteiger partial charge in [0.15, 0.2) is 40.9 Å². The number of benzene rings is 9. The fraction of sp³-hybridized carbons (Fsp3) is 0.265. The van der Waals surface area contributed by atoms with Gasteiger partial charge in [0.25, 0.3) is 11.8 Å². The molecule has 5 aliphatic heterocycles.